The number of aromatic hydroxyl groups is 2. The summed E-state index contributed by atoms with van der Waals surface area (Å²) in [4.78, 5) is 53.5. The molecule has 0 fully saturated rings. The molecule has 2 rings (SSSR count). The third-order valence-electron chi connectivity index (χ3n) is 6.93. The largest absolute Gasteiger partial charge is 0.504 e. The zero-order chi connectivity index (χ0) is 31.1. The highest BCUT2D eigenvalue weighted by molar-refractivity contribution is 6.17. The maximum atomic E-state index is 13.7. The van der Waals surface area contributed by atoms with Crippen LogP contribution in [0, 0.1) is 0 Å². The van der Waals surface area contributed by atoms with Crippen LogP contribution in [0.15, 0.2) is 24.3 Å². The first-order valence-electron chi connectivity index (χ1n) is 14.9. The van der Waals surface area contributed by atoms with Gasteiger partial charge in [0, 0.05) is 24.8 Å². The molecule has 42 heavy (non-hydrogen) atoms. The van der Waals surface area contributed by atoms with E-state index in [1.165, 1.54) is 7.11 Å². The summed E-state index contributed by atoms with van der Waals surface area (Å²) in [6, 6.07) is 6.87. The van der Waals surface area contributed by atoms with Crippen molar-refractivity contribution >= 4 is 23.5 Å². The van der Waals surface area contributed by atoms with Crippen LogP contribution in [0.4, 0.5) is 0 Å². The number of benzene rings is 2. The zero-order valence-corrected chi connectivity index (χ0v) is 25.3. The van der Waals surface area contributed by atoms with Crippen LogP contribution in [-0.4, -0.2) is 40.8 Å². The van der Waals surface area contributed by atoms with E-state index in [1.807, 2.05) is 20.8 Å². The molecule has 2 aromatic rings. The predicted molar refractivity (Wildman–Crippen MR) is 159 cm³/mol. The van der Waals surface area contributed by atoms with Crippen LogP contribution < -0.4 is 9.47 Å². The Hall–Kier alpha value is -3.88. The number of phenolic OH excluding ortho intramolecular Hbond substituents is 2. The van der Waals surface area contributed by atoms with Crippen LogP contribution in [0.5, 0.6) is 23.0 Å². The van der Waals surface area contributed by atoms with E-state index in [2.05, 4.69) is 0 Å². The minimum absolute atomic E-state index is 0.00277. The van der Waals surface area contributed by atoms with Crippen LogP contribution in [0.2, 0.25) is 0 Å². The van der Waals surface area contributed by atoms with Gasteiger partial charge >= 0.3 is 11.9 Å². The second-order valence-electron chi connectivity index (χ2n) is 10.2. The van der Waals surface area contributed by atoms with Gasteiger partial charge in [-0.2, -0.15) is 0 Å². The number of unbranched alkanes of at least 4 members (excludes halogenated alkanes) is 6. The molecule has 9 heteroatoms. The summed E-state index contributed by atoms with van der Waals surface area (Å²) in [6.07, 6.45) is 6.11. The van der Waals surface area contributed by atoms with Crippen molar-refractivity contribution in [3.63, 3.8) is 0 Å². The Kier molecular flexibility index (Phi) is 14.6. The van der Waals surface area contributed by atoms with E-state index in [0.29, 0.717) is 30.6 Å². The first-order valence-corrected chi connectivity index (χ1v) is 14.9. The van der Waals surface area contributed by atoms with Gasteiger partial charge < -0.3 is 24.4 Å². The van der Waals surface area contributed by atoms with Gasteiger partial charge in [0.1, 0.15) is 12.4 Å². The van der Waals surface area contributed by atoms with E-state index in [0.717, 1.165) is 38.5 Å². The third-order valence-corrected chi connectivity index (χ3v) is 6.93. The van der Waals surface area contributed by atoms with Crippen LogP contribution in [0.3, 0.4) is 0 Å². The van der Waals surface area contributed by atoms with Gasteiger partial charge in [-0.15, -0.1) is 0 Å². The number of ketones is 2. The summed E-state index contributed by atoms with van der Waals surface area (Å²) in [5.41, 5.74) is -0.933. The van der Waals surface area contributed by atoms with Crippen LogP contribution >= 0.6 is 0 Å². The van der Waals surface area contributed by atoms with Gasteiger partial charge in [-0.1, -0.05) is 77.5 Å². The van der Waals surface area contributed by atoms with E-state index < -0.39 is 57.4 Å². The Morgan fingerprint density at radius 1 is 0.690 bits per heavy atom. The molecule has 9 nitrogen and oxygen atoms in total. The lowest BCUT2D eigenvalue weighted by molar-refractivity contribution is -0.134. The fourth-order valence-electron chi connectivity index (χ4n) is 4.59. The van der Waals surface area contributed by atoms with E-state index in [9.17, 15) is 29.4 Å². The molecule has 0 aromatic heterocycles. The molecule has 230 valence electrons. The second kappa shape index (κ2) is 17.8. The average molecular weight is 585 g/mol. The normalized spacial score (nSPS) is 10.8. The van der Waals surface area contributed by atoms with Crippen molar-refractivity contribution in [2.75, 3.05) is 7.11 Å². The number of rotatable bonds is 19. The van der Waals surface area contributed by atoms with Gasteiger partial charge in [-0.3, -0.25) is 14.4 Å². The van der Waals surface area contributed by atoms with Crippen molar-refractivity contribution in [2.24, 2.45) is 0 Å². The van der Waals surface area contributed by atoms with E-state index in [4.69, 9.17) is 14.2 Å². The number of carbonyl (C=O) groups excluding carboxylic acids is 4. The lowest BCUT2D eigenvalue weighted by Crippen LogP contribution is -2.21. The molecule has 0 saturated heterocycles. The highest BCUT2D eigenvalue weighted by atomic mass is 16.5. The number of para-hydroxylation sites is 1. The van der Waals surface area contributed by atoms with Gasteiger partial charge in [0.2, 0.25) is 5.75 Å². The van der Waals surface area contributed by atoms with Gasteiger partial charge in [-0.05, 0) is 25.3 Å². The van der Waals surface area contributed by atoms with Gasteiger partial charge in [-0.25, -0.2) is 4.79 Å². The Morgan fingerprint density at radius 3 is 1.81 bits per heavy atom. The first kappa shape index (κ1) is 34.3. The monoisotopic (exact) mass is 584 g/mol. The van der Waals surface area contributed by atoms with Crippen LogP contribution in [0.25, 0.3) is 0 Å². The number of phenols is 2. The summed E-state index contributed by atoms with van der Waals surface area (Å²) < 4.78 is 16.3. The fraction of sp³-hybridized carbons (Fsp3) is 0.515. The zero-order valence-electron chi connectivity index (χ0n) is 25.3. The van der Waals surface area contributed by atoms with Crippen molar-refractivity contribution in [3.05, 3.63) is 46.5 Å². The number of carbonyl (C=O) groups is 4. The lowest BCUT2D eigenvalue weighted by Gasteiger charge is -2.20. The molecule has 0 amide bonds. The predicted octanol–water partition coefficient (Wildman–Crippen LogP) is 7.48. The van der Waals surface area contributed by atoms with Gasteiger partial charge in [0.05, 0.1) is 23.8 Å². The maximum Gasteiger partial charge on any atom is 0.340 e. The number of hydrogen-bond acceptors (Lipinski definition) is 9. The lowest BCUT2D eigenvalue weighted by atomic mass is 9.89. The molecular weight excluding hydrogens is 540 g/mol. The molecule has 0 heterocycles. The third kappa shape index (κ3) is 9.33. The Balaban J connectivity index is 2.71. The van der Waals surface area contributed by atoms with Crippen molar-refractivity contribution in [1.29, 1.82) is 0 Å². The van der Waals surface area contributed by atoms with Crippen LogP contribution in [0.1, 0.15) is 134 Å². The quantitative estimate of drug-likeness (QED) is 0.0566. The number of methoxy groups -OCH3 is 1. The number of esters is 2. The van der Waals surface area contributed by atoms with E-state index in [-0.39, 0.29) is 25.9 Å². The van der Waals surface area contributed by atoms with Crippen molar-refractivity contribution in [1.82, 2.24) is 0 Å². The fourth-order valence-corrected chi connectivity index (χ4v) is 4.59. The van der Waals surface area contributed by atoms with Gasteiger partial charge in [0.25, 0.3) is 0 Å². The molecule has 0 spiro atoms. The van der Waals surface area contributed by atoms with Gasteiger partial charge in [0.15, 0.2) is 23.1 Å². The van der Waals surface area contributed by atoms with Crippen molar-refractivity contribution in [3.8, 4) is 23.0 Å². The van der Waals surface area contributed by atoms with E-state index >= 15 is 0 Å². The molecule has 0 saturated carbocycles. The topological polar surface area (TPSA) is 136 Å². The highest BCUT2D eigenvalue weighted by Crippen LogP contribution is 2.46. The number of ether oxygens (including phenoxy) is 3. The Bertz CT molecular complexity index is 1230. The Morgan fingerprint density at radius 2 is 1.24 bits per heavy atom. The SMILES string of the molecule is CCCCCC(=O)Oc1c(O)c(O)c(C(=O)CCCCC)c(C(=O)OCc2ccccc2OC)c1C(=O)CCCCC. The van der Waals surface area contributed by atoms with Crippen molar-refractivity contribution < 1.29 is 43.6 Å². The first-order chi connectivity index (χ1) is 20.2. The minimum atomic E-state index is -1.07. The summed E-state index contributed by atoms with van der Waals surface area (Å²) in [7, 11) is 1.47. The molecule has 2 N–H and O–H groups in total. The summed E-state index contributed by atoms with van der Waals surface area (Å²) in [5.74, 6) is -5.09. The standard InChI is InChI=1S/C33H44O9/c1-5-8-11-17-23(34)27-29(33(39)41-21-22-16-14-15-19-25(22)40-4)28(24(35)18-12-9-6-2)32(31(38)30(27)37)42-26(36)20-13-10-7-3/h14-16,19,37-38H,5-13,17-18,20-21H2,1-4H3. The molecule has 0 unspecified atom stereocenters. The molecule has 2 aromatic carbocycles. The number of hydrogen-bond donors (Lipinski definition) is 2. The molecular formula is C33H44O9. The summed E-state index contributed by atoms with van der Waals surface area (Å²) in [5, 5.41) is 22.1. The van der Waals surface area contributed by atoms with E-state index in [1.54, 1.807) is 24.3 Å². The number of Topliss-reactive ketones (excluding diaryl/α,β-unsaturated/α-hetero) is 2. The highest BCUT2D eigenvalue weighted by Gasteiger charge is 2.36. The average Bonchev–Trinajstić information content (AvgIpc) is 2.98. The molecule has 0 aliphatic carbocycles. The van der Waals surface area contributed by atoms with Crippen LogP contribution in [-0.2, 0) is 16.1 Å². The molecule has 0 aliphatic heterocycles. The summed E-state index contributed by atoms with van der Waals surface area (Å²) in [6.45, 7) is 5.64. The summed E-state index contributed by atoms with van der Waals surface area (Å²) >= 11 is 0. The Labute approximate surface area is 248 Å². The molecule has 0 radical (unpaired) electrons. The second-order valence-corrected chi connectivity index (χ2v) is 10.2. The molecule has 0 atom stereocenters. The van der Waals surface area contributed by atoms with Crippen molar-refractivity contribution in [2.45, 2.75) is 104 Å². The molecule has 0 bridgehead atoms. The molecule has 0 aliphatic rings. The smallest absolute Gasteiger partial charge is 0.340 e. The maximum absolute atomic E-state index is 13.7. The minimum Gasteiger partial charge on any atom is -0.504 e.